The molecule has 0 fully saturated rings. The molecule has 1 N–H and O–H groups in total. The predicted molar refractivity (Wildman–Crippen MR) is 79.8 cm³/mol. The fourth-order valence-electron chi connectivity index (χ4n) is 1.71. The van der Waals surface area contributed by atoms with Crippen molar-refractivity contribution in [1.82, 2.24) is 0 Å². The Labute approximate surface area is 123 Å². The summed E-state index contributed by atoms with van der Waals surface area (Å²) in [5.41, 5.74) is 1.23. The number of carboxylic acids is 1. The highest BCUT2D eigenvalue weighted by molar-refractivity contribution is 9.10. The van der Waals surface area contributed by atoms with Gasteiger partial charge in [0, 0.05) is 0 Å². The lowest BCUT2D eigenvalue weighted by molar-refractivity contribution is -0.145. The summed E-state index contributed by atoms with van der Waals surface area (Å²) in [4.78, 5) is 11.1. The molecule has 0 bridgehead atoms. The van der Waals surface area contributed by atoms with Crippen LogP contribution in [0.1, 0.15) is 46.1 Å². The molecule has 106 valence electrons. The Morgan fingerprint density at radius 1 is 1.42 bits per heavy atom. The molecule has 4 heteroatoms. The third-order valence-corrected chi connectivity index (χ3v) is 3.51. The van der Waals surface area contributed by atoms with Crippen LogP contribution in [0, 0.1) is 0 Å². The Hall–Kier alpha value is -1.03. The number of ether oxygens (including phenoxy) is 1. The molecule has 0 heterocycles. The first-order chi connectivity index (χ1) is 8.75. The summed E-state index contributed by atoms with van der Waals surface area (Å²) in [5, 5.41) is 9.10. The number of rotatable bonds is 5. The summed E-state index contributed by atoms with van der Waals surface area (Å²) in [7, 11) is 0. The van der Waals surface area contributed by atoms with Gasteiger partial charge in [-0.15, -0.1) is 0 Å². The summed E-state index contributed by atoms with van der Waals surface area (Å²) in [6.07, 6.45) is 0.485. The van der Waals surface area contributed by atoms with Crippen molar-refractivity contribution < 1.29 is 14.6 Å². The molecule has 0 saturated carbocycles. The fraction of sp³-hybridized carbons (Fsp3) is 0.533. The van der Waals surface area contributed by atoms with Crippen LogP contribution in [0.25, 0.3) is 0 Å². The van der Waals surface area contributed by atoms with Crippen molar-refractivity contribution in [1.29, 1.82) is 0 Å². The van der Waals surface area contributed by atoms with Crippen LogP contribution in [0.5, 0.6) is 5.75 Å². The number of hydrogen-bond acceptors (Lipinski definition) is 2. The van der Waals surface area contributed by atoms with Crippen molar-refractivity contribution in [2.45, 2.75) is 52.1 Å². The van der Waals surface area contributed by atoms with Gasteiger partial charge < -0.3 is 9.84 Å². The molecule has 1 aromatic carbocycles. The molecular formula is C15H21BrO3. The average molecular weight is 329 g/mol. The van der Waals surface area contributed by atoms with Crippen LogP contribution in [-0.2, 0) is 10.2 Å². The molecule has 0 amide bonds. The van der Waals surface area contributed by atoms with E-state index < -0.39 is 12.1 Å². The van der Waals surface area contributed by atoms with Gasteiger partial charge in [-0.2, -0.15) is 0 Å². The van der Waals surface area contributed by atoms with Crippen LogP contribution in [0.3, 0.4) is 0 Å². The number of aliphatic carboxylic acids is 1. The van der Waals surface area contributed by atoms with Gasteiger partial charge in [0.15, 0.2) is 6.10 Å². The van der Waals surface area contributed by atoms with E-state index in [1.807, 2.05) is 25.1 Å². The van der Waals surface area contributed by atoms with Crippen molar-refractivity contribution in [2.24, 2.45) is 0 Å². The molecule has 1 atom stereocenters. The van der Waals surface area contributed by atoms with E-state index in [2.05, 4.69) is 36.7 Å². The molecule has 0 aliphatic heterocycles. The van der Waals surface area contributed by atoms with Crippen molar-refractivity contribution in [3.05, 3.63) is 28.2 Å². The van der Waals surface area contributed by atoms with Crippen LogP contribution in [0.2, 0.25) is 0 Å². The van der Waals surface area contributed by atoms with E-state index in [1.165, 1.54) is 5.56 Å². The van der Waals surface area contributed by atoms with Gasteiger partial charge in [-0.05, 0) is 45.5 Å². The Morgan fingerprint density at radius 3 is 2.47 bits per heavy atom. The van der Waals surface area contributed by atoms with Crippen molar-refractivity contribution in [3.63, 3.8) is 0 Å². The van der Waals surface area contributed by atoms with Gasteiger partial charge in [0.25, 0.3) is 0 Å². The third kappa shape index (κ3) is 4.53. The maximum Gasteiger partial charge on any atom is 0.344 e. The maximum absolute atomic E-state index is 11.1. The number of halogens is 1. The van der Waals surface area contributed by atoms with Gasteiger partial charge in [0.05, 0.1) is 4.47 Å². The molecule has 3 nitrogen and oxygen atoms in total. The van der Waals surface area contributed by atoms with E-state index >= 15 is 0 Å². The van der Waals surface area contributed by atoms with Gasteiger partial charge in [-0.3, -0.25) is 0 Å². The standard InChI is InChI=1S/C15H21BrO3/c1-5-6-13(14(17)18)19-12-8-7-10(9-11(12)16)15(2,3)4/h7-9,13H,5-6H2,1-4H3,(H,17,18). The lowest BCUT2D eigenvalue weighted by Gasteiger charge is -2.21. The molecular weight excluding hydrogens is 308 g/mol. The zero-order valence-corrected chi connectivity index (χ0v) is 13.5. The highest BCUT2D eigenvalue weighted by Gasteiger charge is 2.20. The smallest absolute Gasteiger partial charge is 0.344 e. The zero-order chi connectivity index (χ0) is 14.6. The number of benzene rings is 1. The molecule has 0 aromatic heterocycles. The number of carboxylic acid groups (broad SMARTS) is 1. The Bertz CT molecular complexity index is 449. The van der Waals surface area contributed by atoms with Crippen LogP contribution < -0.4 is 4.74 Å². The number of carbonyl (C=O) groups is 1. The SMILES string of the molecule is CCCC(Oc1ccc(C(C)(C)C)cc1Br)C(=O)O. The molecule has 0 radical (unpaired) electrons. The van der Waals surface area contributed by atoms with Crippen LogP contribution in [-0.4, -0.2) is 17.2 Å². The summed E-state index contributed by atoms with van der Waals surface area (Å²) in [6.45, 7) is 8.34. The van der Waals surface area contributed by atoms with Crippen molar-refractivity contribution >= 4 is 21.9 Å². The van der Waals surface area contributed by atoms with Gasteiger partial charge in [0.2, 0.25) is 0 Å². The Balaban J connectivity index is 2.93. The predicted octanol–water partition coefficient (Wildman–Crippen LogP) is 4.38. The highest BCUT2D eigenvalue weighted by atomic mass is 79.9. The molecule has 1 rings (SSSR count). The van der Waals surface area contributed by atoms with Crippen molar-refractivity contribution in [3.8, 4) is 5.75 Å². The first-order valence-corrected chi connectivity index (χ1v) is 7.24. The van der Waals surface area contributed by atoms with E-state index in [9.17, 15) is 4.79 Å². The quantitative estimate of drug-likeness (QED) is 0.872. The summed E-state index contributed by atoms with van der Waals surface area (Å²) in [5.74, 6) is -0.345. The average Bonchev–Trinajstić information content (AvgIpc) is 2.29. The summed E-state index contributed by atoms with van der Waals surface area (Å²) in [6, 6.07) is 5.79. The van der Waals surface area contributed by atoms with Crippen LogP contribution in [0.4, 0.5) is 0 Å². The fourth-order valence-corrected chi connectivity index (χ4v) is 2.18. The normalized spacial score (nSPS) is 13.1. The van der Waals surface area contributed by atoms with E-state index in [-0.39, 0.29) is 5.41 Å². The molecule has 19 heavy (non-hydrogen) atoms. The molecule has 0 spiro atoms. The molecule has 0 aliphatic carbocycles. The zero-order valence-electron chi connectivity index (χ0n) is 11.9. The molecule has 0 aliphatic rings. The van der Waals surface area contributed by atoms with Gasteiger partial charge in [-0.25, -0.2) is 4.79 Å². The first kappa shape index (κ1) is 16.0. The molecule has 0 saturated heterocycles. The van der Waals surface area contributed by atoms with E-state index in [0.29, 0.717) is 12.2 Å². The third-order valence-electron chi connectivity index (χ3n) is 2.89. The summed E-state index contributed by atoms with van der Waals surface area (Å²) < 4.78 is 6.36. The van der Waals surface area contributed by atoms with Gasteiger partial charge >= 0.3 is 5.97 Å². The Morgan fingerprint density at radius 2 is 2.05 bits per heavy atom. The molecule has 1 unspecified atom stereocenters. The van der Waals surface area contributed by atoms with Crippen LogP contribution in [0.15, 0.2) is 22.7 Å². The molecule has 1 aromatic rings. The van der Waals surface area contributed by atoms with Crippen molar-refractivity contribution in [2.75, 3.05) is 0 Å². The highest BCUT2D eigenvalue weighted by Crippen LogP contribution is 2.32. The second-order valence-electron chi connectivity index (χ2n) is 5.63. The lowest BCUT2D eigenvalue weighted by atomic mass is 9.87. The first-order valence-electron chi connectivity index (χ1n) is 6.45. The van der Waals surface area contributed by atoms with E-state index in [4.69, 9.17) is 9.84 Å². The second-order valence-corrected chi connectivity index (χ2v) is 6.48. The van der Waals surface area contributed by atoms with Gasteiger partial charge in [-0.1, -0.05) is 40.2 Å². The topological polar surface area (TPSA) is 46.5 Å². The summed E-state index contributed by atoms with van der Waals surface area (Å²) >= 11 is 3.45. The minimum absolute atomic E-state index is 0.0522. The second kappa shape index (κ2) is 6.42. The van der Waals surface area contributed by atoms with Crippen LogP contribution >= 0.6 is 15.9 Å². The lowest BCUT2D eigenvalue weighted by Crippen LogP contribution is -2.26. The van der Waals surface area contributed by atoms with Gasteiger partial charge in [0.1, 0.15) is 5.75 Å². The minimum Gasteiger partial charge on any atom is -0.479 e. The number of hydrogen-bond donors (Lipinski definition) is 1. The maximum atomic E-state index is 11.1. The Kier molecular flexibility index (Phi) is 5.41. The van der Waals surface area contributed by atoms with E-state index in [0.717, 1.165) is 10.9 Å². The minimum atomic E-state index is -0.923. The monoisotopic (exact) mass is 328 g/mol. The largest absolute Gasteiger partial charge is 0.479 e. The van der Waals surface area contributed by atoms with E-state index in [1.54, 1.807) is 0 Å².